The highest BCUT2D eigenvalue weighted by molar-refractivity contribution is 6.30. The van der Waals surface area contributed by atoms with Crippen molar-refractivity contribution in [3.05, 3.63) is 82.4 Å². The molecular formula is C26H25ClF3N3O. The van der Waals surface area contributed by atoms with Gasteiger partial charge in [0.25, 0.3) is 5.92 Å². The van der Waals surface area contributed by atoms with Gasteiger partial charge in [-0.15, -0.1) is 0 Å². The predicted molar refractivity (Wildman–Crippen MR) is 127 cm³/mol. The Morgan fingerprint density at radius 2 is 1.82 bits per heavy atom. The maximum Gasteiger partial charge on any atom is 0.277 e. The molecule has 1 unspecified atom stereocenters. The van der Waals surface area contributed by atoms with Gasteiger partial charge >= 0.3 is 0 Å². The van der Waals surface area contributed by atoms with Gasteiger partial charge in [-0.25, -0.2) is 13.2 Å². The van der Waals surface area contributed by atoms with E-state index < -0.39 is 35.7 Å². The molecule has 178 valence electrons. The van der Waals surface area contributed by atoms with Crippen LogP contribution < -0.4 is 10.6 Å². The smallest absolute Gasteiger partial charge is 0.277 e. The van der Waals surface area contributed by atoms with Crippen LogP contribution in [0, 0.1) is 5.82 Å². The number of halogens is 4. The minimum absolute atomic E-state index is 0.0157. The number of alkyl halides is 2. The Morgan fingerprint density at radius 1 is 1.15 bits per heavy atom. The van der Waals surface area contributed by atoms with E-state index in [0.717, 1.165) is 11.6 Å². The molecule has 2 aromatic carbocycles. The maximum atomic E-state index is 15.2. The molecule has 0 bridgehead atoms. The van der Waals surface area contributed by atoms with Crippen LogP contribution in [0.1, 0.15) is 43.9 Å². The molecule has 0 fully saturated rings. The van der Waals surface area contributed by atoms with Crippen molar-refractivity contribution in [2.45, 2.75) is 51.1 Å². The normalized spacial score (nSPS) is 17.9. The highest BCUT2D eigenvalue weighted by atomic mass is 35.5. The van der Waals surface area contributed by atoms with Crippen molar-refractivity contribution in [3.8, 4) is 11.1 Å². The second-order valence-electron chi connectivity index (χ2n) is 9.63. The highest BCUT2D eigenvalue weighted by Gasteiger charge is 2.44. The van der Waals surface area contributed by atoms with E-state index in [4.69, 9.17) is 17.3 Å². The lowest BCUT2D eigenvalue weighted by atomic mass is 9.86. The number of carbonyl (C=O) groups is 1. The molecule has 0 spiro atoms. The van der Waals surface area contributed by atoms with Gasteiger partial charge < -0.3 is 10.6 Å². The van der Waals surface area contributed by atoms with Gasteiger partial charge in [0.2, 0.25) is 5.91 Å². The number of rotatable bonds is 3. The molecule has 2 N–H and O–H groups in total. The van der Waals surface area contributed by atoms with E-state index in [9.17, 15) is 4.79 Å². The van der Waals surface area contributed by atoms with Crippen molar-refractivity contribution in [2.75, 3.05) is 4.90 Å². The Balaban J connectivity index is 1.90. The topological polar surface area (TPSA) is 59.2 Å². The summed E-state index contributed by atoms with van der Waals surface area (Å²) in [6, 6.07) is 9.15. The lowest BCUT2D eigenvalue weighted by Crippen LogP contribution is -2.43. The Kier molecular flexibility index (Phi) is 6.21. The van der Waals surface area contributed by atoms with Crippen molar-refractivity contribution in [1.82, 2.24) is 4.98 Å². The highest BCUT2D eigenvalue weighted by Crippen LogP contribution is 2.45. The van der Waals surface area contributed by atoms with Crippen molar-refractivity contribution in [3.63, 3.8) is 0 Å². The van der Waals surface area contributed by atoms with Crippen LogP contribution in [0.2, 0.25) is 5.02 Å². The molecule has 1 aliphatic rings. The summed E-state index contributed by atoms with van der Waals surface area (Å²) in [5, 5.41) is 0.505. The molecule has 4 rings (SSSR count). The number of anilines is 1. The summed E-state index contributed by atoms with van der Waals surface area (Å²) in [7, 11) is 0. The van der Waals surface area contributed by atoms with Crippen LogP contribution in [-0.4, -0.2) is 16.9 Å². The fourth-order valence-corrected chi connectivity index (χ4v) is 4.15. The van der Waals surface area contributed by atoms with Crippen LogP contribution in [0.15, 0.2) is 54.9 Å². The first kappa shape index (κ1) is 24.2. The second kappa shape index (κ2) is 8.71. The summed E-state index contributed by atoms with van der Waals surface area (Å²) in [4.78, 5) is 18.5. The molecule has 4 nitrogen and oxygen atoms in total. The van der Waals surface area contributed by atoms with Gasteiger partial charge in [-0.2, -0.15) is 0 Å². The van der Waals surface area contributed by atoms with E-state index in [1.165, 1.54) is 17.2 Å². The zero-order valence-corrected chi connectivity index (χ0v) is 19.8. The van der Waals surface area contributed by atoms with E-state index in [1.54, 1.807) is 36.5 Å². The second-order valence-corrected chi connectivity index (χ2v) is 10.1. The van der Waals surface area contributed by atoms with Crippen LogP contribution in [-0.2, 0) is 22.7 Å². The van der Waals surface area contributed by atoms with Crippen LogP contribution >= 0.6 is 11.6 Å². The van der Waals surface area contributed by atoms with Crippen LogP contribution in [0.5, 0.6) is 0 Å². The van der Waals surface area contributed by atoms with Crippen LogP contribution in [0.4, 0.5) is 18.9 Å². The SMILES string of the molecule is CC(C)(C)c1cncc(-c2cc3c(cc2F)C(F)(F)CC(N)C(=O)N3Cc2ccc(Cl)cc2)c1. The van der Waals surface area contributed by atoms with Crippen molar-refractivity contribution >= 4 is 23.2 Å². The zero-order valence-electron chi connectivity index (χ0n) is 19.1. The van der Waals surface area contributed by atoms with E-state index >= 15 is 13.2 Å². The van der Waals surface area contributed by atoms with E-state index in [1.807, 2.05) is 20.8 Å². The molecule has 2 heterocycles. The molecule has 0 aliphatic carbocycles. The minimum atomic E-state index is -3.48. The largest absolute Gasteiger partial charge is 0.320 e. The van der Waals surface area contributed by atoms with Crippen LogP contribution in [0.25, 0.3) is 11.1 Å². The van der Waals surface area contributed by atoms with Gasteiger partial charge in [0.1, 0.15) is 5.82 Å². The average Bonchev–Trinajstić information content (AvgIpc) is 2.83. The lowest BCUT2D eigenvalue weighted by molar-refractivity contribution is -0.122. The summed E-state index contributed by atoms with van der Waals surface area (Å²) in [5.74, 6) is -4.96. The third kappa shape index (κ3) is 4.68. The first-order chi connectivity index (χ1) is 15.9. The van der Waals surface area contributed by atoms with Gasteiger partial charge in [0.15, 0.2) is 0 Å². The average molecular weight is 488 g/mol. The molecule has 0 radical (unpaired) electrons. The number of hydrogen-bond acceptors (Lipinski definition) is 3. The minimum Gasteiger partial charge on any atom is -0.320 e. The molecule has 8 heteroatoms. The molecule has 0 saturated heterocycles. The summed E-state index contributed by atoms with van der Waals surface area (Å²) in [6.45, 7) is 5.97. The van der Waals surface area contributed by atoms with Gasteiger partial charge in [-0.1, -0.05) is 44.5 Å². The fraction of sp³-hybridized carbons (Fsp3) is 0.308. The zero-order chi connectivity index (χ0) is 24.8. The number of fused-ring (bicyclic) bond motifs is 1. The Bertz CT molecular complexity index is 1240. The predicted octanol–water partition coefficient (Wildman–Crippen LogP) is 6.19. The van der Waals surface area contributed by atoms with Gasteiger partial charge in [0.05, 0.1) is 18.3 Å². The molecule has 3 aromatic rings. The van der Waals surface area contributed by atoms with Crippen molar-refractivity contribution in [1.29, 1.82) is 0 Å². The maximum absolute atomic E-state index is 15.2. The Morgan fingerprint density at radius 3 is 2.47 bits per heavy atom. The summed E-state index contributed by atoms with van der Waals surface area (Å²) >= 11 is 5.95. The van der Waals surface area contributed by atoms with E-state index in [0.29, 0.717) is 16.1 Å². The first-order valence-corrected chi connectivity index (χ1v) is 11.2. The standard InChI is InChI=1S/C26H25ClF3N3O/c1-25(2,3)17-8-16(12-32-13-17)19-9-23-20(10-21(19)28)26(29,30)11-22(31)24(34)33(23)14-15-4-6-18(27)7-5-15/h4-10,12-13,22H,11,14,31H2,1-3H3. The monoisotopic (exact) mass is 487 g/mol. The molecule has 0 saturated carbocycles. The van der Waals surface area contributed by atoms with Gasteiger partial charge in [-0.05, 0) is 46.9 Å². The lowest BCUT2D eigenvalue weighted by Gasteiger charge is -2.26. The number of nitrogens with two attached hydrogens (primary N) is 1. The summed E-state index contributed by atoms with van der Waals surface area (Å²) < 4.78 is 45.5. The molecule has 34 heavy (non-hydrogen) atoms. The number of pyridine rings is 1. The first-order valence-electron chi connectivity index (χ1n) is 10.9. The third-order valence-corrected chi connectivity index (χ3v) is 6.25. The van der Waals surface area contributed by atoms with E-state index in [-0.39, 0.29) is 23.2 Å². The van der Waals surface area contributed by atoms with Crippen LogP contribution in [0.3, 0.4) is 0 Å². The van der Waals surface area contributed by atoms with E-state index in [2.05, 4.69) is 4.98 Å². The Labute approximate surface area is 201 Å². The molecule has 1 atom stereocenters. The number of nitrogens with zero attached hydrogens (tertiary/aromatic N) is 2. The number of amides is 1. The molecule has 1 aromatic heterocycles. The van der Waals surface area contributed by atoms with Gasteiger partial charge in [0, 0.05) is 40.5 Å². The third-order valence-electron chi connectivity index (χ3n) is 6.00. The number of benzene rings is 2. The Hall–Kier alpha value is -2.90. The number of aromatic nitrogens is 1. The summed E-state index contributed by atoms with van der Waals surface area (Å²) in [6.07, 6.45) is 2.26. The summed E-state index contributed by atoms with van der Waals surface area (Å²) in [5.41, 5.74) is 7.02. The molecular weight excluding hydrogens is 463 g/mol. The quantitative estimate of drug-likeness (QED) is 0.479. The fourth-order valence-electron chi connectivity index (χ4n) is 4.02. The molecule has 1 amide bonds. The van der Waals surface area contributed by atoms with Crippen molar-refractivity contribution in [2.24, 2.45) is 5.73 Å². The van der Waals surface area contributed by atoms with Gasteiger partial charge in [-0.3, -0.25) is 9.78 Å². The number of hydrogen-bond donors (Lipinski definition) is 1. The number of carbonyl (C=O) groups excluding carboxylic acids is 1. The van der Waals surface area contributed by atoms with Crippen molar-refractivity contribution < 1.29 is 18.0 Å². The molecule has 1 aliphatic heterocycles.